The Hall–Kier alpha value is -1.27. The van der Waals surface area contributed by atoms with Gasteiger partial charge < -0.3 is 10.8 Å². The average molecular weight is 293 g/mol. The molecule has 80 valence electrons. The third kappa shape index (κ3) is 3.10. The molecular weight excluding hydrogens is 285 g/mol. The van der Waals surface area contributed by atoms with Crippen LogP contribution in [0.15, 0.2) is 21.7 Å². The molecule has 0 bridgehead atoms. The average Bonchev–Trinajstić information content (AvgIpc) is 2.17. The summed E-state index contributed by atoms with van der Waals surface area (Å²) in [6.07, 6.45) is 1.23. The van der Waals surface area contributed by atoms with Gasteiger partial charge in [-0.1, -0.05) is 11.6 Å². The zero-order chi connectivity index (χ0) is 11.4. The molecule has 0 radical (unpaired) electrons. The minimum atomic E-state index is -0.788. The minimum Gasteiger partial charge on any atom is -0.506 e. The number of phenolic OH excluding ortho intramolecular Hbond substituents is 1. The van der Waals surface area contributed by atoms with E-state index in [-0.39, 0.29) is 10.8 Å². The van der Waals surface area contributed by atoms with E-state index in [2.05, 4.69) is 21.0 Å². The van der Waals surface area contributed by atoms with Gasteiger partial charge in [-0.15, -0.1) is 0 Å². The Kier molecular flexibility index (Phi) is 3.93. The quantitative estimate of drug-likeness (QED) is 0.573. The number of hydrazone groups is 1. The summed E-state index contributed by atoms with van der Waals surface area (Å²) in [5.74, 6) is -0.124. The third-order valence-corrected chi connectivity index (χ3v) is 2.48. The van der Waals surface area contributed by atoms with Crippen LogP contribution >= 0.6 is 27.5 Å². The molecule has 1 aromatic carbocycles. The molecule has 0 aliphatic carbocycles. The van der Waals surface area contributed by atoms with Crippen molar-refractivity contribution in [2.75, 3.05) is 0 Å². The first-order valence-electron chi connectivity index (χ1n) is 3.78. The molecule has 0 atom stereocenters. The Bertz CT molecular complexity index is 423. The number of rotatable bonds is 2. The number of benzene rings is 1. The number of primary amides is 1. The summed E-state index contributed by atoms with van der Waals surface area (Å²) in [5.41, 5.74) is 7.16. The van der Waals surface area contributed by atoms with Crippen molar-refractivity contribution in [2.45, 2.75) is 0 Å². The molecule has 4 N–H and O–H groups in total. The summed E-state index contributed by atoms with van der Waals surface area (Å²) < 4.78 is 0.597. The number of carbonyl (C=O) groups is 1. The summed E-state index contributed by atoms with van der Waals surface area (Å²) >= 11 is 8.88. The van der Waals surface area contributed by atoms with Gasteiger partial charge in [-0.3, -0.25) is 0 Å². The highest BCUT2D eigenvalue weighted by molar-refractivity contribution is 9.10. The van der Waals surface area contributed by atoms with Crippen LogP contribution in [0.3, 0.4) is 0 Å². The van der Waals surface area contributed by atoms with E-state index in [0.29, 0.717) is 10.0 Å². The van der Waals surface area contributed by atoms with Crippen LogP contribution in [0.4, 0.5) is 4.79 Å². The van der Waals surface area contributed by atoms with Gasteiger partial charge in [0, 0.05) is 4.47 Å². The molecule has 1 aromatic rings. The highest BCUT2D eigenvalue weighted by Crippen LogP contribution is 2.31. The molecule has 5 nitrogen and oxygen atoms in total. The van der Waals surface area contributed by atoms with E-state index in [1.807, 2.05) is 5.43 Å². The van der Waals surface area contributed by atoms with E-state index in [1.54, 1.807) is 6.07 Å². The summed E-state index contributed by atoms with van der Waals surface area (Å²) in [4.78, 5) is 10.3. The van der Waals surface area contributed by atoms with Crippen LogP contribution in [-0.2, 0) is 0 Å². The third-order valence-electron chi connectivity index (χ3n) is 1.48. The van der Waals surface area contributed by atoms with Gasteiger partial charge in [-0.25, -0.2) is 10.2 Å². The van der Waals surface area contributed by atoms with Gasteiger partial charge in [0.2, 0.25) is 0 Å². The molecule has 7 heteroatoms. The Balaban J connectivity index is 2.98. The van der Waals surface area contributed by atoms with Crippen molar-refractivity contribution in [2.24, 2.45) is 10.8 Å². The van der Waals surface area contributed by atoms with Crippen LogP contribution < -0.4 is 11.2 Å². The second kappa shape index (κ2) is 4.99. The molecule has 0 spiro atoms. The predicted molar refractivity (Wildman–Crippen MR) is 61.1 cm³/mol. The topological polar surface area (TPSA) is 87.7 Å². The summed E-state index contributed by atoms with van der Waals surface area (Å²) in [5, 5.41) is 13.2. The number of hydrogen-bond acceptors (Lipinski definition) is 3. The lowest BCUT2D eigenvalue weighted by Gasteiger charge is -2.03. The normalized spacial score (nSPS) is 10.5. The van der Waals surface area contributed by atoms with Gasteiger partial charge in [-0.2, -0.15) is 5.10 Å². The fraction of sp³-hybridized carbons (Fsp3) is 0. The molecule has 0 saturated carbocycles. The number of nitrogens with two attached hydrogens (primary N) is 1. The van der Waals surface area contributed by atoms with E-state index in [1.165, 1.54) is 12.3 Å². The molecule has 15 heavy (non-hydrogen) atoms. The van der Waals surface area contributed by atoms with E-state index >= 15 is 0 Å². The van der Waals surface area contributed by atoms with Gasteiger partial charge in [0.05, 0.1) is 16.8 Å². The number of halogens is 2. The van der Waals surface area contributed by atoms with E-state index in [4.69, 9.17) is 17.3 Å². The first kappa shape index (κ1) is 11.8. The largest absolute Gasteiger partial charge is 0.506 e. The Morgan fingerprint density at radius 3 is 2.93 bits per heavy atom. The zero-order valence-corrected chi connectivity index (χ0v) is 9.71. The van der Waals surface area contributed by atoms with Gasteiger partial charge in [0.15, 0.2) is 0 Å². The van der Waals surface area contributed by atoms with Gasteiger partial charge in [0.25, 0.3) is 0 Å². The number of aromatic hydroxyl groups is 1. The lowest BCUT2D eigenvalue weighted by atomic mass is 10.2. The SMILES string of the molecule is NC(=O)NN=Cc1c(Br)ccc(Cl)c1O. The van der Waals surface area contributed by atoms with E-state index < -0.39 is 6.03 Å². The number of nitrogens with one attached hydrogen (secondary N) is 1. The molecule has 0 fully saturated rings. The first-order valence-corrected chi connectivity index (χ1v) is 4.95. The highest BCUT2D eigenvalue weighted by atomic mass is 79.9. The second-order valence-electron chi connectivity index (χ2n) is 2.53. The fourth-order valence-electron chi connectivity index (χ4n) is 0.840. The molecule has 1 rings (SSSR count). The maximum absolute atomic E-state index is 10.3. The van der Waals surface area contributed by atoms with Crippen molar-refractivity contribution in [3.63, 3.8) is 0 Å². The molecular formula is C8H7BrClN3O2. The second-order valence-corrected chi connectivity index (χ2v) is 3.79. The van der Waals surface area contributed by atoms with Crippen molar-refractivity contribution >= 4 is 39.8 Å². The molecule has 0 heterocycles. The van der Waals surface area contributed by atoms with Crippen LogP contribution in [-0.4, -0.2) is 17.4 Å². The van der Waals surface area contributed by atoms with Crippen molar-refractivity contribution < 1.29 is 9.90 Å². The smallest absolute Gasteiger partial charge is 0.332 e. The Morgan fingerprint density at radius 1 is 1.67 bits per heavy atom. The minimum absolute atomic E-state index is 0.124. The number of phenols is 1. The lowest BCUT2D eigenvalue weighted by molar-refractivity contribution is 0.249. The summed E-state index contributed by atoms with van der Waals surface area (Å²) in [7, 11) is 0. The van der Waals surface area contributed by atoms with Crippen molar-refractivity contribution in [3.8, 4) is 5.75 Å². The monoisotopic (exact) mass is 291 g/mol. The highest BCUT2D eigenvalue weighted by Gasteiger charge is 2.07. The number of urea groups is 1. The summed E-state index contributed by atoms with van der Waals surface area (Å²) in [6, 6.07) is 2.39. The van der Waals surface area contributed by atoms with Crippen LogP contribution in [0, 0.1) is 0 Å². The van der Waals surface area contributed by atoms with Crippen LogP contribution in [0.25, 0.3) is 0 Å². The Morgan fingerprint density at radius 2 is 2.33 bits per heavy atom. The summed E-state index contributed by atoms with van der Waals surface area (Å²) in [6.45, 7) is 0. The number of carbonyl (C=O) groups excluding carboxylic acids is 1. The maximum Gasteiger partial charge on any atom is 0.332 e. The molecule has 2 amide bonds. The van der Waals surface area contributed by atoms with E-state index in [0.717, 1.165) is 0 Å². The molecule has 0 aliphatic rings. The van der Waals surface area contributed by atoms with Crippen LogP contribution in [0.1, 0.15) is 5.56 Å². The van der Waals surface area contributed by atoms with Crippen molar-refractivity contribution in [1.29, 1.82) is 0 Å². The number of amides is 2. The first-order chi connectivity index (χ1) is 7.02. The molecule has 0 aromatic heterocycles. The van der Waals surface area contributed by atoms with Gasteiger partial charge in [-0.05, 0) is 28.1 Å². The zero-order valence-electron chi connectivity index (χ0n) is 7.37. The van der Waals surface area contributed by atoms with E-state index in [9.17, 15) is 9.90 Å². The van der Waals surface area contributed by atoms with Gasteiger partial charge >= 0.3 is 6.03 Å². The molecule has 0 saturated heterocycles. The molecule has 0 unspecified atom stereocenters. The number of nitrogens with zero attached hydrogens (tertiary/aromatic N) is 1. The standard InChI is InChI=1S/C8H7BrClN3O2/c9-5-1-2-6(10)7(14)4(5)3-12-13-8(11)15/h1-3,14H,(H3,11,13,15). The van der Waals surface area contributed by atoms with Crippen molar-refractivity contribution in [3.05, 3.63) is 27.2 Å². The number of hydrogen-bond donors (Lipinski definition) is 3. The maximum atomic E-state index is 10.3. The van der Waals surface area contributed by atoms with Crippen LogP contribution in [0.5, 0.6) is 5.75 Å². The lowest BCUT2D eigenvalue weighted by Crippen LogP contribution is -2.24. The molecule has 0 aliphatic heterocycles. The van der Waals surface area contributed by atoms with Gasteiger partial charge in [0.1, 0.15) is 5.75 Å². The predicted octanol–water partition coefficient (Wildman–Crippen LogP) is 1.81. The fourth-order valence-corrected chi connectivity index (χ4v) is 1.43. The van der Waals surface area contributed by atoms with Crippen molar-refractivity contribution in [1.82, 2.24) is 5.43 Å². The van der Waals surface area contributed by atoms with Crippen LogP contribution in [0.2, 0.25) is 5.02 Å². The Labute approximate surface area is 99.0 Å².